The minimum Gasteiger partial charge on any atom is -0.483 e. The number of carbonyl (C=O) groups excluding carboxylic acids is 1. The normalized spacial score (nSPS) is 18.2. The molecule has 1 aliphatic heterocycles. The Morgan fingerprint density at radius 1 is 0.966 bits per heavy atom. The van der Waals surface area contributed by atoms with Crippen molar-refractivity contribution < 1.29 is 9.53 Å². The zero-order chi connectivity index (χ0) is 20.1. The molecule has 2 fully saturated rings. The third kappa shape index (κ3) is 5.31. The van der Waals surface area contributed by atoms with Crippen molar-refractivity contribution in [1.82, 2.24) is 9.80 Å². The Labute approximate surface area is 178 Å². The maximum absolute atomic E-state index is 12.7. The van der Waals surface area contributed by atoms with Crippen LogP contribution in [0, 0.1) is 0 Å². The van der Waals surface area contributed by atoms with E-state index in [9.17, 15) is 4.79 Å². The van der Waals surface area contributed by atoms with Gasteiger partial charge in [0, 0.05) is 37.7 Å². The van der Waals surface area contributed by atoms with Crippen molar-refractivity contribution in [2.45, 2.75) is 38.1 Å². The fourth-order valence-corrected chi connectivity index (χ4v) is 4.55. The summed E-state index contributed by atoms with van der Waals surface area (Å²) in [6, 6.07) is 16.2. The maximum atomic E-state index is 12.7. The second kappa shape index (κ2) is 9.64. The summed E-state index contributed by atoms with van der Waals surface area (Å²) >= 11 is 5.96. The number of hydrogen-bond acceptors (Lipinski definition) is 3. The van der Waals surface area contributed by atoms with Gasteiger partial charge in [-0.1, -0.05) is 54.8 Å². The monoisotopic (exact) mass is 412 g/mol. The molecule has 1 saturated heterocycles. The van der Waals surface area contributed by atoms with E-state index in [0.29, 0.717) is 5.92 Å². The molecular formula is C24H29ClN2O2. The highest BCUT2D eigenvalue weighted by atomic mass is 35.5. The number of amides is 1. The van der Waals surface area contributed by atoms with Crippen LogP contribution in [0.25, 0.3) is 0 Å². The molecule has 0 bridgehead atoms. The van der Waals surface area contributed by atoms with Crippen molar-refractivity contribution in [2.24, 2.45) is 0 Å². The first-order chi connectivity index (χ1) is 14.2. The number of halogens is 1. The lowest BCUT2D eigenvalue weighted by atomic mass is 9.97. The summed E-state index contributed by atoms with van der Waals surface area (Å²) in [6.45, 7) is 4.28. The van der Waals surface area contributed by atoms with Gasteiger partial charge in [0.15, 0.2) is 6.61 Å². The Balaban J connectivity index is 1.26. The summed E-state index contributed by atoms with van der Waals surface area (Å²) in [4.78, 5) is 17.0. The fraction of sp³-hybridized carbons (Fsp3) is 0.458. The van der Waals surface area contributed by atoms with Crippen molar-refractivity contribution in [1.29, 1.82) is 0 Å². The molecule has 0 N–H and O–H groups in total. The molecule has 0 radical (unpaired) electrons. The van der Waals surface area contributed by atoms with Gasteiger partial charge in [-0.05, 0) is 48.1 Å². The molecule has 2 aliphatic rings. The molecule has 4 nitrogen and oxygen atoms in total. The molecule has 1 amide bonds. The summed E-state index contributed by atoms with van der Waals surface area (Å²) in [7, 11) is 0. The molecule has 0 spiro atoms. The van der Waals surface area contributed by atoms with Crippen LogP contribution in [0.1, 0.15) is 42.7 Å². The van der Waals surface area contributed by atoms with Gasteiger partial charge in [-0.2, -0.15) is 0 Å². The van der Waals surface area contributed by atoms with E-state index >= 15 is 0 Å². The lowest BCUT2D eigenvalue weighted by Crippen LogP contribution is -2.49. The van der Waals surface area contributed by atoms with Crippen molar-refractivity contribution in [3.8, 4) is 5.75 Å². The lowest BCUT2D eigenvalue weighted by molar-refractivity contribution is -0.135. The summed E-state index contributed by atoms with van der Waals surface area (Å²) < 4.78 is 5.98. The number of para-hydroxylation sites is 1. The average molecular weight is 413 g/mol. The number of hydrogen-bond donors (Lipinski definition) is 0. The molecule has 154 valence electrons. The Hall–Kier alpha value is -2.04. The van der Waals surface area contributed by atoms with Crippen LogP contribution < -0.4 is 4.74 Å². The number of ether oxygens (including phenoxy) is 1. The SMILES string of the molecule is O=C(COc1ccccc1C1CCCC1)N1CCN(Cc2ccc(Cl)cc2)CC1. The first kappa shape index (κ1) is 20.2. The van der Waals surface area contributed by atoms with Crippen molar-refractivity contribution in [3.05, 3.63) is 64.7 Å². The van der Waals surface area contributed by atoms with Gasteiger partial charge in [0.05, 0.1) is 0 Å². The summed E-state index contributed by atoms with van der Waals surface area (Å²) in [5, 5.41) is 0.763. The van der Waals surface area contributed by atoms with Crippen LogP contribution in [-0.4, -0.2) is 48.5 Å². The highest BCUT2D eigenvalue weighted by Gasteiger charge is 2.23. The van der Waals surface area contributed by atoms with Gasteiger partial charge in [-0.15, -0.1) is 0 Å². The number of benzene rings is 2. The highest BCUT2D eigenvalue weighted by molar-refractivity contribution is 6.30. The smallest absolute Gasteiger partial charge is 0.260 e. The van der Waals surface area contributed by atoms with Crippen LogP contribution >= 0.6 is 11.6 Å². The van der Waals surface area contributed by atoms with E-state index in [1.807, 2.05) is 29.2 Å². The number of nitrogens with zero attached hydrogens (tertiary/aromatic N) is 2. The number of piperazine rings is 1. The largest absolute Gasteiger partial charge is 0.483 e. The molecule has 4 rings (SSSR count). The summed E-state index contributed by atoms with van der Waals surface area (Å²) in [5.74, 6) is 1.55. The molecule has 0 atom stereocenters. The van der Waals surface area contributed by atoms with Crippen LogP contribution in [0.15, 0.2) is 48.5 Å². The molecule has 1 aliphatic carbocycles. The third-order valence-electron chi connectivity index (χ3n) is 6.11. The van der Waals surface area contributed by atoms with E-state index < -0.39 is 0 Å². The molecule has 2 aromatic carbocycles. The highest BCUT2D eigenvalue weighted by Crippen LogP contribution is 2.38. The first-order valence-electron chi connectivity index (χ1n) is 10.7. The second-order valence-corrected chi connectivity index (χ2v) is 8.53. The van der Waals surface area contributed by atoms with Gasteiger partial charge in [-0.25, -0.2) is 0 Å². The third-order valence-corrected chi connectivity index (χ3v) is 6.36. The van der Waals surface area contributed by atoms with Gasteiger partial charge >= 0.3 is 0 Å². The topological polar surface area (TPSA) is 32.8 Å². The average Bonchev–Trinajstić information content (AvgIpc) is 3.29. The zero-order valence-electron chi connectivity index (χ0n) is 16.9. The first-order valence-corrected chi connectivity index (χ1v) is 11.0. The summed E-state index contributed by atoms with van der Waals surface area (Å²) in [5.41, 5.74) is 2.52. The zero-order valence-corrected chi connectivity index (χ0v) is 17.6. The number of rotatable bonds is 6. The maximum Gasteiger partial charge on any atom is 0.260 e. The van der Waals surface area contributed by atoms with Gasteiger partial charge < -0.3 is 9.64 Å². The molecule has 1 saturated carbocycles. The molecule has 29 heavy (non-hydrogen) atoms. The summed E-state index contributed by atoms with van der Waals surface area (Å²) in [6.07, 6.45) is 5.03. The minimum atomic E-state index is 0.0809. The van der Waals surface area contributed by atoms with Crippen LogP contribution in [0.4, 0.5) is 0 Å². The molecular weight excluding hydrogens is 384 g/mol. The van der Waals surface area contributed by atoms with E-state index in [1.165, 1.54) is 36.8 Å². The molecule has 0 aromatic heterocycles. The quantitative estimate of drug-likeness (QED) is 0.688. The molecule has 0 unspecified atom stereocenters. The molecule has 5 heteroatoms. The Morgan fingerprint density at radius 2 is 1.66 bits per heavy atom. The van der Waals surface area contributed by atoms with E-state index in [0.717, 1.165) is 43.5 Å². The van der Waals surface area contributed by atoms with E-state index in [1.54, 1.807) is 0 Å². The number of carbonyl (C=O) groups is 1. The lowest BCUT2D eigenvalue weighted by Gasteiger charge is -2.34. The van der Waals surface area contributed by atoms with Gasteiger partial charge in [0.25, 0.3) is 5.91 Å². The predicted molar refractivity (Wildman–Crippen MR) is 116 cm³/mol. The van der Waals surface area contributed by atoms with Crippen molar-refractivity contribution in [2.75, 3.05) is 32.8 Å². The second-order valence-electron chi connectivity index (χ2n) is 8.09. The standard InChI is InChI=1S/C24H29ClN2O2/c25-21-11-9-19(10-12-21)17-26-13-15-27(16-14-26)24(28)18-29-23-8-4-3-7-22(23)20-5-1-2-6-20/h3-4,7-12,20H,1-2,5-6,13-18H2. The van der Waals surface area contributed by atoms with Gasteiger partial charge in [-0.3, -0.25) is 9.69 Å². The van der Waals surface area contributed by atoms with E-state index in [2.05, 4.69) is 29.2 Å². The van der Waals surface area contributed by atoms with Crippen molar-refractivity contribution in [3.63, 3.8) is 0 Å². The minimum absolute atomic E-state index is 0.0809. The Morgan fingerprint density at radius 3 is 2.38 bits per heavy atom. The van der Waals surface area contributed by atoms with Gasteiger partial charge in [0.1, 0.15) is 5.75 Å². The van der Waals surface area contributed by atoms with Gasteiger partial charge in [0.2, 0.25) is 0 Å². The Bertz CT molecular complexity index is 810. The fourth-order valence-electron chi connectivity index (χ4n) is 4.42. The van der Waals surface area contributed by atoms with E-state index in [4.69, 9.17) is 16.3 Å². The molecule has 2 aromatic rings. The van der Waals surface area contributed by atoms with Crippen LogP contribution in [0.5, 0.6) is 5.75 Å². The Kier molecular flexibility index (Phi) is 6.73. The predicted octanol–water partition coefficient (Wildman–Crippen LogP) is 4.72. The van der Waals surface area contributed by atoms with Crippen LogP contribution in [0.3, 0.4) is 0 Å². The van der Waals surface area contributed by atoms with Crippen LogP contribution in [-0.2, 0) is 11.3 Å². The van der Waals surface area contributed by atoms with Crippen LogP contribution in [0.2, 0.25) is 5.02 Å². The molecule has 1 heterocycles. The van der Waals surface area contributed by atoms with E-state index in [-0.39, 0.29) is 12.5 Å². The van der Waals surface area contributed by atoms with Crippen molar-refractivity contribution >= 4 is 17.5 Å².